The fourth-order valence-electron chi connectivity index (χ4n) is 3.49. The maximum Gasteiger partial charge on any atom is 0.225 e. The van der Waals surface area contributed by atoms with E-state index in [0.29, 0.717) is 12.5 Å². The van der Waals surface area contributed by atoms with Gasteiger partial charge in [0.25, 0.3) is 0 Å². The van der Waals surface area contributed by atoms with Crippen molar-refractivity contribution in [2.45, 2.75) is 44.1 Å². The molecule has 1 aromatic heterocycles. The van der Waals surface area contributed by atoms with Gasteiger partial charge in [0.05, 0.1) is 11.8 Å². The normalized spacial score (nSPS) is 21.5. The van der Waals surface area contributed by atoms with Crippen molar-refractivity contribution in [3.8, 4) is 5.75 Å². The lowest BCUT2D eigenvalue weighted by atomic mass is 9.90. The van der Waals surface area contributed by atoms with Crippen LogP contribution < -0.4 is 10.1 Å². The Balaban J connectivity index is 1.69. The predicted octanol–water partition coefficient (Wildman–Crippen LogP) is 4.54. The third kappa shape index (κ3) is 2.52. The number of benzene rings is 1. The predicted molar refractivity (Wildman–Crippen MR) is 88.7 cm³/mol. The zero-order valence-electron chi connectivity index (χ0n) is 12.4. The van der Waals surface area contributed by atoms with Crippen LogP contribution in [-0.2, 0) is 4.79 Å². The molecule has 114 valence electrons. The summed E-state index contributed by atoms with van der Waals surface area (Å²) in [5.41, 5.74) is 2.11. The quantitative estimate of drug-likeness (QED) is 0.903. The van der Waals surface area contributed by atoms with Crippen molar-refractivity contribution in [3.05, 3.63) is 46.2 Å². The molecule has 2 aliphatic rings. The Bertz CT molecular complexity index is 688. The number of ether oxygens (including phenoxy) is 1. The number of thiophene rings is 1. The van der Waals surface area contributed by atoms with Gasteiger partial charge < -0.3 is 10.1 Å². The molecule has 1 aliphatic heterocycles. The molecule has 3 nitrogen and oxygen atoms in total. The molecule has 1 aromatic carbocycles. The van der Waals surface area contributed by atoms with Crippen molar-refractivity contribution in [2.75, 3.05) is 5.32 Å². The highest BCUT2D eigenvalue weighted by atomic mass is 32.1. The van der Waals surface area contributed by atoms with Crippen molar-refractivity contribution in [2.24, 2.45) is 0 Å². The minimum atomic E-state index is 0.0894. The molecule has 22 heavy (non-hydrogen) atoms. The number of fused-ring (bicyclic) bond motifs is 1. The molecule has 1 N–H and O–H groups in total. The van der Waals surface area contributed by atoms with Crippen LogP contribution in [-0.4, -0.2) is 12.0 Å². The van der Waals surface area contributed by atoms with Crippen LogP contribution in [0.1, 0.15) is 48.5 Å². The first-order chi connectivity index (χ1) is 10.8. The number of carbonyl (C=O) groups is 1. The lowest BCUT2D eigenvalue weighted by Crippen LogP contribution is -2.23. The van der Waals surface area contributed by atoms with Crippen LogP contribution in [0.5, 0.6) is 5.75 Å². The van der Waals surface area contributed by atoms with Crippen molar-refractivity contribution in [1.82, 2.24) is 0 Å². The summed E-state index contributed by atoms with van der Waals surface area (Å²) in [7, 11) is 0. The van der Waals surface area contributed by atoms with Gasteiger partial charge in [-0.05, 0) is 43.2 Å². The third-order valence-electron chi connectivity index (χ3n) is 4.57. The third-order valence-corrected chi connectivity index (χ3v) is 5.60. The molecule has 4 heteroatoms. The Morgan fingerprint density at radius 1 is 1.14 bits per heavy atom. The van der Waals surface area contributed by atoms with E-state index in [1.165, 1.54) is 17.7 Å². The van der Waals surface area contributed by atoms with Crippen LogP contribution in [0.2, 0.25) is 0 Å². The largest absolute Gasteiger partial charge is 0.490 e. The molecule has 2 heterocycles. The van der Waals surface area contributed by atoms with Crippen LogP contribution in [0.3, 0.4) is 0 Å². The first-order valence-corrected chi connectivity index (χ1v) is 8.82. The summed E-state index contributed by atoms with van der Waals surface area (Å²) in [4.78, 5) is 13.3. The number of hydrogen-bond acceptors (Lipinski definition) is 3. The van der Waals surface area contributed by atoms with Crippen LogP contribution in [0.15, 0.2) is 35.7 Å². The summed E-state index contributed by atoms with van der Waals surface area (Å²) in [6, 6.07) is 10.2. The Hall–Kier alpha value is -1.81. The lowest BCUT2D eigenvalue weighted by molar-refractivity contribution is -0.116. The second-order valence-corrected chi connectivity index (χ2v) is 7.01. The number of amides is 1. The highest BCUT2D eigenvalue weighted by molar-refractivity contribution is 7.10. The van der Waals surface area contributed by atoms with E-state index in [0.717, 1.165) is 29.8 Å². The topological polar surface area (TPSA) is 38.3 Å². The van der Waals surface area contributed by atoms with Crippen molar-refractivity contribution < 1.29 is 9.53 Å². The molecule has 0 unspecified atom stereocenters. The maximum absolute atomic E-state index is 12.0. The van der Waals surface area contributed by atoms with Gasteiger partial charge in [0.1, 0.15) is 5.75 Å². The number of para-hydroxylation sites is 1. The number of rotatable bonds is 3. The summed E-state index contributed by atoms with van der Waals surface area (Å²) < 4.78 is 6.26. The van der Waals surface area contributed by atoms with Gasteiger partial charge in [0.15, 0.2) is 0 Å². The van der Waals surface area contributed by atoms with Crippen LogP contribution >= 0.6 is 11.3 Å². The van der Waals surface area contributed by atoms with Gasteiger partial charge in [-0.15, -0.1) is 11.3 Å². The van der Waals surface area contributed by atoms with E-state index in [2.05, 4.69) is 11.4 Å². The average molecular weight is 313 g/mol. The molecule has 1 saturated carbocycles. The van der Waals surface area contributed by atoms with E-state index in [9.17, 15) is 4.79 Å². The minimum Gasteiger partial charge on any atom is -0.490 e. The summed E-state index contributed by atoms with van der Waals surface area (Å²) >= 11 is 1.71. The SMILES string of the molecule is O=C1C[C@@H](c2ccccc2OC2CCCC2)c2sccc2N1. The number of nitrogens with one attached hydrogen (secondary N) is 1. The average Bonchev–Trinajstić information content (AvgIpc) is 3.18. The first-order valence-electron chi connectivity index (χ1n) is 7.94. The Kier molecular flexibility index (Phi) is 3.62. The lowest BCUT2D eigenvalue weighted by Gasteiger charge is -2.25. The van der Waals surface area contributed by atoms with E-state index in [1.807, 2.05) is 29.6 Å². The molecule has 1 aliphatic carbocycles. The molecule has 0 bridgehead atoms. The van der Waals surface area contributed by atoms with Gasteiger partial charge in [0, 0.05) is 22.8 Å². The van der Waals surface area contributed by atoms with Crippen LogP contribution in [0.4, 0.5) is 5.69 Å². The fourth-order valence-corrected chi connectivity index (χ4v) is 4.46. The van der Waals surface area contributed by atoms with Crippen molar-refractivity contribution in [1.29, 1.82) is 0 Å². The van der Waals surface area contributed by atoms with Gasteiger partial charge in [0.2, 0.25) is 5.91 Å². The minimum absolute atomic E-state index is 0.0894. The second-order valence-electron chi connectivity index (χ2n) is 6.07. The fraction of sp³-hybridized carbons (Fsp3) is 0.389. The maximum atomic E-state index is 12.0. The van der Waals surface area contributed by atoms with Crippen LogP contribution in [0, 0.1) is 0 Å². The summed E-state index contributed by atoms with van der Waals surface area (Å²) in [5.74, 6) is 1.15. The molecule has 2 aromatic rings. The van der Waals surface area contributed by atoms with Gasteiger partial charge >= 0.3 is 0 Å². The summed E-state index contributed by atoms with van der Waals surface area (Å²) in [5, 5.41) is 5.01. The van der Waals surface area contributed by atoms with E-state index < -0.39 is 0 Å². The van der Waals surface area contributed by atoms with Gasteiger partial charge in [-0.3, -0.25) is 4.79 Å². The van der Waals surface area contributed by atoms with E-state index in [1.54, 1.807) is 11.3 Å². The Morgan fingerprint density at radius 2 is 1.95 bits per heavy atom. The van der Waals surface area contributed by atoms with E-state index in [4.69, 9.17) is 4.74 Å². The Labute approximate surface area is 134 Å². The molecule has 1 amide bonds. The van der Waals surface area contributed by atoms with Crippen LogP contribution in [0.25, 0.3) is 0 Å². The number of carbonyl (C=O) groups excluding carboxylic acids is 1. The zero-order valence-corrected chi connectivity index (χ0v) is 13.2. The molecule has 0 radical (unpaired) electrons. The number of anilines is 1. The first kappa shape index (κ1) is 13.8. The second kappa shape index (κ2) is 5.76. The summed E-state index contributed by atoms with van der Waals surface area (Å²) in [6.07, 6.45) is 5.63. The molecule has 0 spiro atoms. The molecule has 1 fully saturated rings. The summed E-state index contributed by atoms with van der Waals surface area (Å²) in [6.45, 7) is 0. The van der Waals surface area contributed by atoms with Crippen molar-refractivity contribution in [3.63, 3.8) is 0 Å². The van der Waals surface area contributed by atoms with Gasteiger partial charge in [-0.25, -0.2) is 0 Å². The highest BCUT2D eigenvalue weighted by Gasteiger charge is 2.30. The molecular formula is C18H19NO2S. The highest BCUT2D eigenvalue weighted by Crippen LogP contribution is 2.43. The molecule has 1 atom stereocenters. The zero-order chi connectivity index (χ0) is 14.9. The monoisotopic (exact) mass is 313 g/mol. The molecule has 4 rings (SSSR count). The van der Waals surface area contributed by atoms with Gasteiger partial charge in [-0.2, -0.15) is 0 Å². The number of hydrogen-bond donors (Lipinski definition) is 1. The van der Waals surface area contributed by atoms with Gasteiger partial charge in [-0.1, -0.05) is 18.2 Å². The van der Waals surface area contributed by atoms with E-state index >= 15 is 0 Å². The Morgan fingerprint density at radius 3 is 2.82 bits per heavy atom. The van der Waals surface area contributed by atoms with E-state index in [-0.39, 0.29) is 11.8 Å². The van der Waals surface area contributed by atoms with Crippen molar-refractivity contribution >= 4 is 22.9 Å². The molecule has 0 saturated heterocycles. The smallest absolute Gasteiger partial charge is 0.225 e. The standard InChI is InChI=1S/C18H19NO2S/c20-17-11-14(18-15(19-17)9-10-22-18)13-7-3-4-8-16(13)21-12-5-1-2-6-12/h3-4,7-10,12,14H,1-2,5-6,11H2,(H,19,20)/t14-/m0/s1. The molecular weight excluding hydrogens is 294 g/mol.